The smallest absolute Gasteiger partial charge is 0.221 e. The standard InChI is InChI=1S/C11H14N4O2/c1-15-10(13-14-11(15)12)7-17-9-5-3-8(16-2)4-6-9/h3-6H,7H2,1-2H3,(H2,12,14). The lowest BCUT2D eigenvalue weighted by Gasteiger charge is -2.06. The summed E-state index contributed by atoms with van der Waals surface area (Å²) < 4.78 is 12.3. The van der Waals surface area contributed by atoms with Gasteiger partial charge in [-0.25, -0.2) is 0 Å². The molecule has 1 aromatic heterocycles. The molecule has 2 aromatic rings. The highest BCUT2D eigenvalue weighted by Crippen LogP contribution is 2.17. The zero-order valence-corrected chi connectivity index (χ0v) is 9.75. The molecule has 1 heterocycles. The van der Waals surface area contributed by atoms with Crippen LogP contribution in [0, 0.1) is 0 Å². The molecule has 2 N–H and O–H groups in total. The molecular weight excluding hydrogens is 220 g/mol. The lowest BCUT2D eigenvalue weighted by Crippen LogP contribution is -2.05. The van der Waals surface area contributed by atoms with Gasteiger partial charge in [0.05, 0.1) is 7.11 Å². The van der Waals surface area contributed by atoms with Crippen LogP contribution >= 0.6 is 0 Å². The Morgan fingerprint density at radius 1 is 1.18 bits per heavy atom. The Bertz CT molecular complexity index is 493. The van der Waals surface area contributed by atoms with E-state index < -0.39 is 0 Å². The van der Waals surface area contributed by atoms with E-state index in [4.69, 9.17) is 15.2 Å². The topological polar surface area (TPSA) is 75.2 Å². The van der Waals surface area contributed by atoms with Crippen LogP contribution in [0.3, 0.4) is 0 Å². The molecule has 0 saturated carbocycles. The van der Waals surface area contributed by atoms with Gasteiger partial charge in [0.15, 0.2) is 5.82 Å². The average molecular weight is 234 g/mol. The average Bonchev–Trinajstić information content (AvgIpc) is 2.68. The summed E-state index contributed by atoms with van der Waals surface area (Å²) in [6, 6.07) is 7.33. The minimum atomic E-state index is 0.326. The third kappa shape index (κ3) is 2.47. The molecular formula is C11H14N4O2. The number of hydrogen-bond donors (Lipinski definition) is 1. The van der Waals surface area contributed by atoms with Crippen LogP contribution < -0.4 is 15.2 Å². The van der Waals surface area contributed by atoms with Gasteiger partial charge < -0.3 is 15.2 Å². The minimum absolute atomic E-state index is 0.326. The molecule has 0 spiro atoms. The highest BCUT2D eigenvalue weighted by Gasteiger charge is 2.05. The summed E-state index contributed by atoms with van der Waals surface area (Å²) >= 11 is 0. The van der Waals surface area contributed by atoms with Crippen molar-refractivity contribution in [3.63, 3.8) is 0 Å². The molecule has 0 saturated heterocycles. The Morgan fingerprint density at radius 3 is 2.35 bits per heavy atom. The number of benzene rings is 1. The van der Waals surface area contributed by atoms with Crippen molar-refractivity contribution in [1.82, 2.24) is 14.8 Å². The second-order valence-corrected chi connectivity index (χ2v) is 3.50. The Hall–Kier alpha value is -2.24. The van der Waals surface area contributed by atoms with Crippen molar-refractivity contribution in [3.8, 4) is 11.5 Å². The number of anilines is 1. The van der Waals surface area contributed by atoms with Crippen LogP contribution in [0.4, 0.5) is 5.95 Å². The van der Waals surface area contributed by atoms with Crippen molar-refractivity contribution in [3.05, 3.63) is 30.1 Å². The van der Waals surface area contributed by atoms with Gasteiger partial charge in [-0.1, -0.05) is 0 Å². The first kappa shape index (κ1) is 11.3. The summed E-state index contributed by atoms with van der Waals surface area (Å²) in [5, 5.41) is 7.65. The first-order valence-electron chi connectivity index (χ1n) is 5.11. The van der Waals surface area contributed by atoms with E-state index in [1.165, 1.54) is 0 Å². The molecule has 17 heavy (non-hydrogen) atoms. The Kier molecular flexibility index (Phi) is 3.13. The van der Waals surface area contributed by atoms with E-state index in [-0.39, 0.29) is 0 Å². The molecule has 0 aliphatic heterocycles. The summed E-state index contributed by atoms with van der Waals surface area (Å²) in [6.07, 6.45) is 0. The van der Waals surface area contributed by atoms with Gasteiger partial charge in [0.25, 0.3) is 0 Å². The summed E-state index contributed by atoms with van der Waals surface area (Å²) in [5.41, 5.74) is 5.56. The van der Waals surface area contributed by atoms with Crippen LogP contribution in [0.1, 0.15) is 5.82 Å². The van der Waals surface area contributed by atoms with Crippen LogP contribution in [0.25, 0.3) is 0 Å². The molecule has 0 bridgehead atoms. The monoisotopic (exact) mass is 234 g/mol. The fourth-order valence-corrected chi connectivity index (χ4v) is 1.32. The second kappa shape index (κ2) is 4.73. The summed E-state index contributed by atoms with van der Waals surface area (Å²) in [5.74, 6) is 2.59. The summed E-state index contributed by atoms with van der Waals surface area (Å²) in [6.45, 7) is 0.326. The Balaban J connectivity index is 2.00. The molecule has 90 valence electrons. The van der Waals surface area contributed by atoms with Crippen LogP contribution in [-0.4, -0.2) is 21.9 Å². The molecule has 0 aliphatic carbocycles. The number of ether oxygens (including phenoxy) is 2. The van der Waals surface area contributed by atoms with Crippen molar-refractivity contribution < 1.29 is 9.47 Å². The third-order valence-electron chi connectivity index (χ3n) is 2.43. The second-order valence-electron chi connectivity index (χ2n) is 3.50. The quantitative estimate of drug-likeness (QED) is 0.853. The van der Waals surface area contributed by atoms with Gasteiger partial charge in [-0.15, -0.1) is 10.2 Å². The molecule has 2 rings (SSSR count). The van der Waals surface area contributed by atoms with Gasteiger partial charge in [0, 0.05) is 7.05 Å². The maximum atomic E-state index is 5.56. The van der Waals surface area contributed by atoms with Gasteiger partial charge in [-0.2, -0.15) is 0 Å². The van der Waals surface area contributed by atoms with Crippen LogP contribution in [0.15, 0.2) is 24.3 Å². The van der Waals surface area contributed by atoms with Gasteiger partial charge in [0.2, 0.25) is 5.95 Å². The number of methoxy groups -OCH3 is 1. The number of nitrogen functional groups attached to an aromatic ring is 1. The first-order chi connectivity index (χ1) is 8.20. The number of nitrogens with zero attached hydrogens (tertiary/aromatic N) is 3. The lowest BCUT2D eigenvalue weighted by atomic mass is 10.3. The predicted octanol–water partition coefficient (Wildman–Crippen LogP) is 0.985. The zero-order chi connectivity index (χ0) is 12.3. The molecule has 0 radical (unpaired) electrons. The first-order valence-corrected chi connectivity index (χ1v) is 5.11. The van der Waals surface area contributed by atoms with E-state index in [1.54, 1.807) is 18.7 Å². The maximum absolute atomic E-state index is 5.56. The Labute approximate surface area is 99.0 Å². The van der Waals surface area contributed by atoms with Gasteiger partial charge in [-0.3, -0.25) is 4.57 Å². The number of rotatable bonds is 4. The van der Waals surface area contributed by atoms with Crippen LogP contribution in [0.2, 0.25) is 0 Å². The van der Waals surface area contributed by atoms with Crippen molar-refractivity contribution >= 4 is 5.95 Å². The molecule has 0 amide bonds. The SMILES string of the molecule is COc1ccc(OCc2nnc(N)n2C)cc1. The van der Waals surface area contributed by atoms with Gasteiger partial charge >= 0.3 is 0 Å². The van der Waals surface area contributed by atoms with Crippen LogP contribution in [-0.2, 0) is 13.7 Å². The molecule has 0 aliphatic rings. The molecule has 0 fully saturated rings. The lowest BCUT2D eigenvalue weighted by molar-refractivity contribution is 0.291. The van der Waals surface area contributed by atoms with E-state index in [1.807, 2.05) is 24.3 Å². The van der Waals surface area contributed by atoms with Gasteiger partial charge in [-0.05, 0) is 24.3 Å². The third-order valence-corrected chi connectivity index (χ3v) is 2.43. The van der Waals surface area contributed by atoms with E-state index in [2.05, 4.69) is 10.2 Å². The predicted molar refractivity (Wildman–Crippen MR) is 62.7 cm³/mol. The van der Waals surface area contributed by atoms with E-state index in [0.717, 1.165) is 11.5 Å². The fraction of sp³-hybridized carbons (Fsp3) is 0.273. The highest BCUT2D eigenvalue weighted by atomic mass is 16.5. The minimum Gasteiger partial charge on any atom is -0.497 e. The molecule has 6 nitrogen and oxygen atoms in total. The summed E-state index contributed by atoms with van der Waals surface area (Å²) in [7, 11) is 3.42. The molecule has 1 aromatic carbocycles. The fourth-order valence-electron chi connectivity index (χ4n) is 1.32. The molecule has 6 heteroatoms. The summed E-state index contributed by atoms with van der Waals surface area (Å²) in [4.78, 5) is 0. The molecule has 0 unspecified atom stereocenters. The van der Waals surface area contributed by atoms with E-state index in [0.29, 0.717) is 18.4 Å². The largest absolute Gasteiger partial charge is 0.497 e. The maximum Gasteiger partial charge on any atom is 0.221 e. The normalized spacial score (nSPS) is 10.2. The van der Waals surface area contributed by atoms with Crippen LogP contribution in [0.5, 0.6) is 11.5 Å². The zero-order valence-electron chi connectivity index (χ0n) is 9.75. The van der Waals surface area contributed by atoms with Crippen molar-refractivity contribution in [2.24, 2.45) is 7.05 Å². The van der Waals surface area contributed by atoms with E-state index in [9.17, 15) is 0 Å². The van der Waals surface area contributed by atoms with Crippen molar-refractivity contribution in [2.75, 3.05) is 12.8 Å². The molecule has 0 atom stereocenters. The number of hydrogen-bond acceptors (Lipinski definition) is 5. The highest BCUT2D eigenvalue weighted by molar-refractivity contribution is 5.31. The Morgan fingerprint density at radius 2 is 1.82 bits per heavy atom. The van der Waals surface area contributed by atoms with Crippen molar-refractivity contribution in [2.45, 2.75) is 6.61 Å². The number of nitrogens with two attached hydrogens (primary N) is 1. The number of aromatic nitrogens is 3. The van der Waals surface area contributed by atoms with E-state index >= 15 is 0 Å². The van der Waals surface area contributed by atoms with Crippen molar-refractivity contribution in [1.29, 1.82) is 0 Å². The van der Waals surface area contributed by atoms with Gasteiger partial charge in [0.1, 0.15) is 18.1 Å².